The Balaban J connectivity index is 2.95. The number of sulfonamides is 1. The normalized spacial score (nSPS) is 11.9. The van der Waals surface area contributed by atoms with Gasteiger partial charge in [0.05, 0.1) is 10.5 Å². The number of aromatic carboxylic acids is 1. The highest BCUT2D eigenvalue weighted by Gasteiger charge is 2.18. The van der Waals surface area contributed by atoms with Crippen molar-refractivity contribution >= 4 is 16.0 Å². The summed E-state index contributed by atoms with van der Waals surface area (Å²) in [6, 6.07) is 2.65. The van der Waals surface area contributed by atoms with Gasteiger partial charge in [-0.25, -0.2) is 22.3 Å². The number of hydrogen-bond acceptors (Lipinski definition) is 3. The Morgan fingerprint density at radius 1 is 1.47 bits per heavy atom. The van der Waals surface area contributed by atoms with E-state index in [0.717, 1.165) is 18.2 Å². The van der Waals surface area contributed by atoms with Gasteiger partial charge in [0.2, 0.25) is 10.0 Å². The van der Waals surface area contributed by atoms with Crippen LogP contribution in [-0.2, 0) is 10.0 Å². The quantitative estimate of drug-likeness (QED) is 0.617. The van der Waals surface area contributed by atoms with Crippen molar-refractivity contribution in [2.75, 3.05) is 6.54 Å². The molecule has 0 saturated carbocycles. The van der Waals surface area contributed by atoms with E-state index in [1.165, 1.54) is 0 Å². The first-order valence-corrected chi connectivity index (χ1v) is 7.00. The molecule has 0 bridgehead atoms. The molecule has 0 amide bonds. The van der Waals surface area contributed by atoms with Gasteiger partial charge in [-0.1, -0.05) is 12.2 Å². The lowest BCUT2D eigenvalue weighted by Gasteiger charge is -2.06. The molecule has 0 fully saturated rings. The summed E-state index contributed by atoms with van der Waals surface area (Å²) in [7, 11) is -3.83. The number of benzene rings is 1. The van der Waals surface area contributed by atoms with Crippen LogP contribution >= 0.6 is 0 Å². The van der Waals surface area contributed by atoms with Crippen LogP contribution in [0.3, 0.4) is 0 Å². The van der Waals surface area contributed by atoms with Crippen molar-refractivity contribution in [2.45, 2.75) is 18.2 Å². The molecule has 0 aliphatic rings. The summed E-state index contributed by atoms with van der Waals surface area (Å²) in [5, 5.41) is 8.74. The number of hydrogen-bond donors (Lipinski definition) is 2. The zero-order chi connectivity index (χ0) is 14.5. The molecule has 0 unspecified atom stereocenters. The van der Waals surface area contributed by atoms with E-state index in [1.807, 2.05) is 6.92 Å². The summed E-state index contributed by atoms with van der Waals surface area (Å²) in [6.07, 6.45) is 4.09. The minimum atomic E-state index is -3.83. The third-order valence-electron chi connectivity index (χ3n) is 2.32. The average molecular weight is 287 g/mol. The fourth-order valence-corrected chi connectivity index (χ4v) is 2.44. The van der Waals surface area contributed by atoms with Gasteiger partial charge >= 0.3 is 5.97 Å². The highest BCUT2D eigenvalue weighted by atomic mass is 32.2. The van der Waals surface area contributed by atoms with Crippen molar-refractivity contribution in [2.24, 2.45) is 0 Å². The lowest BCUT2D eigenvalue weighted by atomic mass is 10.2. The third-order valence-corrected chi connectivity index (χ3v) is 3.78. The molecule has 0 aliphatic carbocycles. The smallest absolute Gasteiger partial charge is 0.338 e. The first-order chi connectivity index (χ1) is 8.88. The number of halogens is 1. The highest BCUT2D eigenvalue weighted by Crippen LogP contribution is 2.15. The van der Waals surface area contributed by atoms with E-state index in [9.17, 15) is 17.6 Å². The lowest BCUT2D eigenvalue weighted by Crippen LogP contribution is -2.24. The molecule has 0 radical (unpaired) electrons. The summed E-state index contributed by atoms with van der Waals surface area (Å²) in [6.45, 7) is 2.00. The van der Waals surface area contributed by atoms with Crippen molar-refractivity contribution in [3.05, 3.63) is 41.7 Å². The largest absolute Gasteiger partial charge is 0.478 e. The topological polar surface area (TPSA) is 83.5 Å². The second-order valence-corrected chi connectivity index (χ2v) is 5.47. The molecule has 1 aromatic rings. The molecule has 104 valence electrons. The van der Waals surface area contributed by atoms with Gasteiger partial charge in [0.1, 0.15) is 5.82 Å². The molecule has 1 aromatic carbocycles. The third kappa shape index (κ3) is 4.15. The highest BCUT2D eigenvalue weighted by molar-refractivity contribution is 7.89. The molecule has 0 spiro atoms. The maximum absolute atomic E-state index is 13.2. The SMILES string of the molecule is C/C=C/CCNS(=O)(=O)c1ccc(F)c(C(=O)O)c1. The molecule has 0 atom stereocenters. The van der Waals surface area contributed by atoms with Crippen molar-refractivity contribution in [1.82, 2.24) is 4.72 Å². The van der Waals surface area contributed by atoms with Crippen LogP contribution in [0.25, 0.3) is 0 Å². The Morgan fingerprint density at radius 3 is 2.74 bits per heavy atom. The van der Waals surface area contributed by atoms with Crippen LogP contribution in [0, 0.1) is 5.82 Å². The molecular weight excluding hydrogens is 273 g/mol. The molecule has 1 rings (SSSR count). The zero-order valence-corrected chi connectivity index (χ0v) is 11.1. The van der Waals surface area contributed by atoms with Gasteiger partial charge in [-0.2, -0.15) is 0 Å². The average Bonchev–Trinajstić information content (AvgIpc) is 2.34. The van der Waals surface area contributed by atoms with Crippen molar-refractivity contribution in [3.8, 4) is 0 Å². The van der Waals surface area contributed by atoms with E-state index in [-0.39, 0.29) is 11.4 Å². The molecule has 0 aliphatic heterocycles. The number of carboxylic acid groups (broad SMARTS) is 1. The number of rotatable bonds is 6. The molecule has 7 heteroatoms. The van der Waals surface area contributed by atoms with E-state index in [4.69, 9.17) is 5.11 Å². The van der Waals surface area contributed by atoms with Gasteiger partial charge in [-0.15, -0.1) is 0 Å². The monoisotopic (exact) mass is 287 g/mol. The van der Waals surface area contributed by atoms with E-state index < -0.39 is 27.4 Å². The fraction of sp³-hybridized carbons (Fsp3) is 0.250. The van der Waals surface area contributed by atoms with Gasteiger partial charge in [-0.3, -0.25) is 0 Å². The van der Waals surface area contributed by atoms with Crippen LogP contribution < -0.4 is 4.72 Å². The Labute approximate surface area is 110 Å². The minimum absolute atomic E-state index is 0.187. The summed E-state index contributed by atoms with van der Waals surface area (Å²) >= 11 is 0. The number of allylic oxidation sites excluding steroid dienone is 1. The molecular formula is C12H14FNO4S. The molecule has 0 saturated heterocycles. The molecule has 19 heavy (non-hydrogen) atoms. The Kier molecular flexibility index (Phi) is 5.20. The van der Waals surface area contributed by atoms with Gasteiger partial charge in [0, 0.05) is 6.54 Å². The van der Waals surface area contributed by atoms with E-state index >= 15 is 0 Å². The zero-order valence-electron chi connectivity index (χ0n) is 10.3. The predicted octanol–water partition coefficient (Wildman–Crippen LogP) is 1.77. The lowest BCUT2D eigenvalue weighted by molar-refractivity contribution is 0.0691. The second kappa shape index (κ2) is 6.44. The van der Waals surface area contributed by atoms with Crippen LogP contribution in [-0.4, -0.2) is 26.0 Å². The van der Waals surface area contributed by atoms with Gasteiger partial charge in [-0.05, 0) is 31.5 Å². The Morgan fingerprint density at radius 2 is 2.16 bits per heavy atom. The maximum Gasteiger partial charge on any atom is 0.338 e. The summed E-state index contributed by atoms with van der Waals surface area (Å²) in [4.78, 5) is 10.5. The van der Waals surface area contributed by atoms with Crippen LogP contribution in [0.15, 0.2) is 35.2 Å². The molecule has 2 N–H and O–H groups in total. The summed E-state index contributed by atoms with van der Waals surface area (Å²) in [5.41, 5.74) is -0.670. The van der Waals surface area contributed by atoms with Crippen molar-refractivity contribution < 1.29 is 22.7 Å². The van der Waals surface area contributed by atoms with Crippen LogP contribution in [0.2, 0.25) is 0 Å². The predicted molar refractivity (Wildman–Crippen MR) is 68.0 cm³/mol. The van der Waals surface area contributed by atoms with Crippen molar-refractivity contribution in [1.29, 1.82) is 0 Å². The number of carbonyl (C=O) groups is 1. The van der Waals surface area contributed by atoms with Crippen LogP contribution in [0.1, 0.15) is 23.7 Å². The Hall–Kier alpha value is -1.73. The first-order valence-electron chi connectivity index (χ1n) is 5.52. The minimum Gasteiger partial charge on any atom is -0.478 e. The summed E-state index contributed by atoms with van der Waals surface area (Å²) < 4.78 is 39.1. The van der Waals surface area contributed by atoms with Gasteiger partial charge < -0.3 is 5.11 Å². The van der Waals surface area contributed by atoms with E-state index in [2.05, 4.69) is 4.72 Å². The molecule has 5 nitrogen and oxygen atoms in total. The first kappa shape index (κ1) is 15.3. The molecule has 0 aromatic heterocycles. The second-order valence-electron chi connectivity index (χ2n) is 3.70. The number of nitrogens with one attached hydrogen (secondary N) is 1. The maximum atomic E-state index is 13.2. The van der Waals surface area contributed by atoms with Crippen molar-refractivity contribution in [3.63, 3.8) is 0 Å². The van der Waals surface area contributed by atoms with Gasteiger partial charge in [0.25, 0.3) is 0 Å². The summed E-state index contributed by atoms with van der Waals surface area (Å²) in [5.74, 6) is -2.48. The fourth-order valence-electron chi connectivity index (χ4n) is 1.36. The molecule has 0 heterocycles. The number of carboxylic acids is 1. The Bertz CT molecular complexity index is 596. The van der Waals surface area contributed by atoms with Crippen LogP contribution in [0.4, 0.5) is 4.39 Å². The van der Waals surface area contributed by atoms with E-state index in [0.29, 0.717) is 6.42 Å². The standard InChI is InChI=1S/C12H14FNO4S/c1-2-3-4-7-14-19(17,18)9-5-6-11(13)10(8-9)12(15)16/h2-3,5-6,8,14H,4,7H2,1H3,(H,15,16)/b3-2+. The van der Waals surface area contributed by atoms with Crippen LogP contribution in [0.5, 0.6) is 0 Å². The van der Waals surface area contributed by atoms with E-state index in [1.54, 1.807) is 12.2 Å². The van der Waals surface area contributed by atoms with Gasteiger partial charge in [0.15, 0.2) is 0 Å².